The van der Waals surface area contributed by atoms with Crippen molar-refractivity contribution in [2.45, 2.75) is 26.2 Å². The van der Waals surface area contributed by atoms with Crippen LogP contribution < -0.4 is 10.1 Å². The lowest BCUT2D eigenvalue weighted by molar-refractivity contribution is -0.123. The molecule has 2 rings (SSSR count). The minimum Gasteiger partial charge on any atom is -0.483 e. The molecule has 0 saturated carbocycles. The molecule has 1 unspecified atom stereocenters. The summed E-state index contributed by atoms with van der Waals surface area (Å²) in [6.45, 7) is 4.81. The van der Waals surface area contributed by atoms with Gasteiger partial charge >= 0.3 is 0 Å². The lowest BCUT2D eigenvalue weighted by Crippen LogP contribution is -2.31. The third-order valence-corrected chi connectivity index (χ3v) is 4.36. The van der Waals surface area contributed by atoms with E-state index in [1.807, 2.05) is 36.4 Å². The van der Waals surface area contributed by atoms with Gasteiger partial charge in [-0.15, -0.1) is 0 Å². The zero-order valence-corrected chi connectivity index (χ0v) is 15.1. The number of rotatable bonds is 7. The highest BCUT2D eigenvalue weighted by Crippen LogP contribution is 2.26. The molecule has 0 aliphatic rings. The van der Waals surface area contributed by atoms with Crippen molar-refractivity contribution in [1.82, 2.24) is 5.32 Å². The minimum absolute atomic E-state index is 0.0194. The van der Waals surface area contributed by atoms with Gasteiger partial charge in [-0.2, -0.15) is 0 Å². The number of amides is 1. The van der Waals surface area contributed by atoms with Gasteiger partial charge in [-0.05, 0) is 51.5 Å². The molecule has 23 heavy (non-hydrogen) atoms. The molecule has 122 valence electrons. The van der Waals surface area contributed by atoms with E-state index in [0.29, 0.717) is 12.3 Å². The first-order valence-electron chi connectivity index (χ1n) is 7.83. The van der Waals surface area contributed by atoms with Gasteiger partial charge in [-0.1, -0.05) is 50.2 Å². The van der Waals surface area contributed by atoms with Gasteiger partial charge in [0.15, 0.2) is 6.61 Å². The van der Waals surface area contributed by atoms with Crippen LogP contribution in [0.3, 0.4) is 0 Å². The third-order valence-electron chi connectivity index (χ3n) is 3.74. The van der Waals surface area contributed by atoms with Gasteiger partial charge in [0, 0.05) is 6.54 Å². The summed E-state index contributed by atoms with van der Waals surface area (Å²) < 4.78 is 6.45. The number of carbonyl (C=O) groups is 1. The maximum absolute atomic E-state index is 11.9. The molecule has 2 aromatic rings. The van der Waals surface area contributed by atoms with E-state index < -0.39 is 0 Å². The summed E-state index contributed by atoms with van der Waals surface area (Å²) in [5, 5.41) is 2.91. The molecular weight excluding hydrogens is 354 g/mol. The van der Waals surface area contributed by atoms with E-state index in [0.717, 1.165) is 10.9 Å². The molecule has 1 atom stereocenters. The Morgan fingerprint density at radius 1 is 1.22 bits per heavy atom. The number of hydrogen-bond acceptors (Lipinski definition) is 2. The standard InChI is InChI=1S/C19H22BrNO2/c1-3-15-9-10-18(17(20)11-15)23-13-19(22)21-12-14(2)16-7-5-4-6-8-16/h4-11,14H,3,12-13H2,1-2H3,(H,21,22). The van der Waals surface area contributed by atoms with Crippen molar-refractivity contribution >= 4 is 21.8 Å². The number of carbonyl (C=O) groups excluding carboxylic acids is 1. The molecule has 0 heterocycles. The first-order chi connectivity index (χ1) is 11.1. The van der Waals surface area contributed by atoms with Gasteiger partial charge in [0.25, 0.3) is 5.91 Å². The molecule has 1 amide bonds. The molecule has 0 radical (unpaired) electrons. The second kappa shape index (κ2) is 8.73. The van der Waals surface area contributed by atoms with Crippen LogP contribution in [0.15, 0.2) is 53.0 Å². The van der Waals surface area contributed by atoms with Crippen molar-refractivity contribution in [3.8, 4) is 5.75 Å². The van der Waals surface area contributed by atoms with Gasteiger partial charge in [-0.25, -0.2) is 0 Å². The monoisotopic (exact) mass is 375 g/mol. The van der Waals surface area contributed by atoms with E-state index in [-0.39, 0.29) is 18.4 Å². The Morgan fingerprint density at radius 2 is 1.96 bits per heavy atom. The van der Waals surface area contributed by atoms with Crippen molar-refractivity contribution in [1.29, 1.82) is 0 Å². The van der Waals surface area contributed by atoms with Crippen molar-refractivity contribution in [2.24, 2.45) is 0 Å². The van der Waals surface area contributed by atoms with Crippen LogP contribution in [0.2, 0.25) is 0 Å². The fourth-order valence-electron chi connectivity index (χ4n) is 2.24. The molecule has 0 aliphatic carbocycles. The Kier molecular flexibility index (Phi) is 6.66. The molecule has 1 N–H and O–H groups in total. The molecule has 0 aliphatic heterocycles. The number of aryl methyl sites for hydroxylation is 1. The first-order valence-corrected chi connectivity index (χ1v) is 8.62. The van der Waals surface area contributed by atoms with E-state index >= 15 is 0 Å². The van der Waals surface area contributed by atoms with Crippen LogP contribution in [0.4, 0.5) is 0 Å². The highest BCUT2D eigenvalue weighted by atomic mass is 79.9. The Hall–Kier alpha value is -1.81. The van der Waals surface area contributed by atoms with Crippen molar-refractivity contribution in [3.05, 3.63) is 64.1 Å². The number of ether oxygens (including phenoxy) is 1. The van der Waals surface area contributed by atoms with Crippen molar-refractivity contribution in [2.75, 3.05) is 13.2 Å². The molecule has 0 bridgehead atoms. The highest BCUT2D eigenvalue weighted by Gasteiger charge is 2.09. The SMILES string of the molecule is CCc1ccc(OCC(=O)NCC(C)c2ccccc2)c(Br)c1. The smallest absolute Gasteiger partial charge is 0.257 e. The van der Waals surface area contributed by atoms with E-state index in [1.54, 1.807) is 0 Å². The Balaban J connectivity index is 1.79. The van der Waals surface area contributed by atoms with Crippen LogP contribution in [0.1, 0.15) is 30.9 Å². The molecule has 0 aromatic heterocycles. The van der Waals surface area contributed by atoms with Gasteiger partial charge in [0.1, 0.15) is 5.75 Å². The van der Waals surface area contributed by atoms with Crippen molar-refractivity contribution < 1.29 is 9.53 Å². The Labute approximate surface area is 146 Å². The zero-order chi connectivity index (χ0) is 16.7. The molecule has 0 fully saturated rings. The fourth-order valence-corrected chi connectivity index (χ4v) is 2.78. The third kappa shape index (κ3) is 5.39. The van der Waals surface area contributed by atoms with Gasteiger partial charge in [0.05, 0.1) is 4.47 Å². The van der Waals surface area contributed by atoms with Gasteiger partial charge in [0.2, 0.25) is 0 Å². The lowest BCUT2D eigenvalue weighted by atomic mass is 10.0. The number of halogens is 1. The largest absolute Gasteiger partial charge is 0.483 e. The number of nitrogens with one attached hydrogen (secondary N) is 1. The molecule has 0 spiro atoms. The quantitative estimate of drug-likeness (QED) is 0.782. The molecule has 4 heteroatoms. The maximum atomic E-state index is 11.9. The van der Waals surface area contributed by atoms with Crippen molar-refractivity contribution in [3.63, 3.8) is 0 Å². The van der Waals surface area contributed by atoms with Gasteiger partial charge < -0.3 is 10.1 Å². The summed E-state index contributed by atoms with van der Waals surface area (Å²) in [6.07, 6.45) is 0.969. The van der Waals surface area contributed by atoms with E-state index in [2.05, 4.69) is 47.2 Å². The van der Waals surface area contributed by atoms with E-state index in [4.69, 9.17) is 4.74 Å². The molecule has 2 aromatic carbocycles. The van der Waals surface area contributed by atoms with Crippen LogP contribution in [0.25, 0.3) is 0 Å². The Bertz CT molecular complexity index is 643. The summed E-state index contributed by atoms with van der Waals surface area (Å²) >= 11 is 3.47. The predicted octanol–water partition coefficient (Wildman–Crippen LogP) is 4.31. The van der Waals surface area contributed by atoms with Crippen LogP contribution in [-0.2, 0) is 11.2 Å². The summed E-state index contributed by atoms with van der Waals surface area (Å²) in [4.78, 5) is 11.9. The van der Waals surface area contributed by atoms with E-state index in [1.165, 1.54) is 11.1 Å². The average Bonchev–Trinajstić information content (AvgIpc) is 2.59. The highest BCUT2D eigenvalue weighted by molar-refractivity contribution is 9.10. The number of benzene rings is 2. The average molecular weight is 376 g/mol. The second-order valence-electron chi connectivity index (χ2n) is 5.52. The van der Waals surface area contributed by atoms with Gasteiger partial charge in [-0.3, -0.25) is 4.79 Å². The van der Waals surface area contributed by atoms with Crippen LogP contribution >= 0.6 is 15.9 Å². The molecule has 0 saturated heterocycles. The first kappa shape index (κ1) is 17.5. The zero-order valence-electron chi connectivity index (χ0n) is 13.5. The number of hydrogen-bond donors (Lipinski definition) is 1. The maximum Gasteiger partial charge on any atom is 0.257 e. The minimum atomic E-state index is -0.112. The summed E-state index contributed by atoms with van der Waals surface area (Å²) in [5.41, 5.74) is 2.44. The molecule has 3 nitrogen and oxygen atoms in total. The lowest BCUT2D eigenvalue weighted by Gasteiger charge is -2.14. The van der Waals surface area contributed by atoms with Crippen LogP contribution in [0, 0.1) is 0 Å². The summed E-state index contributed by atoms with van der Waals surface area (Å²) in [5.74, 6) is 0.850. The topological polar surface area (TPSA) is 38.3 Å². The van der Waals surface area contributed by atoms with Crippen LogP contribution in [0.5, 0.6) is 5.75 Å². The summed E-state index contributed by atoms with van der Waals surface area (Å²) in [6, 6.07) is 16.1. The molecular formula is C19H22BrNO2. The van der Waals surface area contributed by atoms with Crippen LogP contribution in [-0.4, -0.2) is 19.1 Å². The predicted molar refractivity (Wildman–Crippen MR) is 96.9 cm³/mol. The van der Waals surface area contributed by atoms with E-state index in [9.17, 15) is 4.79 Å². The second-order valence-corrected chi connectivity index (χ2v) is 6.38. The normalized spacial score (nSPS) is 11.8. The summed E-state index contributed by atoms with van der Waals surface area (Å²) in [7, 11) is 0. The fraction of sp³-hybridized carbons (Fsp3) is 0.316. The Morgan fingerprint density at radius 3 is 2.61 bits per heavy atom.